The number of carbonyl (C=O) groups excluding carboxylic acids is 1. The fourth-order valence-corrected chi connectivity index (χ4v) is 8.49. The number of amides is 1. The zero-order valence-corrected chi connectivity index (χ0v) is 26.6. The lowest BCUT2D eigenvalue weighted by Crippen LogP contribution is -2.47. The molecule has 232 valence electrons. The molecule has 13 heteroatoms. The summed E-state index contributed by atoms with van der Waals surface area (Å²) in [5.74, 6) is 0.606. The van der Waals surface area contributed by atoms with E-state index in [1.54, 1.807) is 16.9 Å². The summed E-state index contributed by atoms with van der Waals surface area (Å²) in [4.78, 5) is 17.8. The molecule has 1 amide bonds. The molecule has 10 nitrogen and oxygen atoms in total. The predicted octanol–water partition coefficient (Wildman–Crippen LogP) is 4.88. The predicted molar refractivity (Wildman–Crippen MR) is 170 cm³/mol. The molecule has 0 saturated carbocycles. The molecule has 4 heterocycles. The van der Waals surface area contributed by atoms with Crippen molar-refractivity contribution in [3.63, 3.8) is 0 Å². The van der Waals surface area contributed by atoms with Crippen LogP contribution >= 0.6 is 23.2 Å². The molecular weight excluding hydrogens is 623 g/mol. The minimum atomic E-state index is -4.11. The Morgan fingerprint density at radius 2 is 1.95 bits per heavy atom. The number of carbonyl (C=O) groups is 1. The number of nitrogens with zero attached hydrogens (tertiary/aromatic N) is 4. The Bertz CT molecular complexity index is 1780. The lowest BCUT2D eigenvalue weighted by atomic mass is 9.98. The fraction of sp³-hybridized carbons (Fsp3) is 0.387. The van der Waals surface area contributed by atoms with Crippen LogP contribution in [0.5, 0.6) is 5.75 Å². The van der Waals surface area contributed by atoms with E-state index < -0.39 is 16.1 Å². The van der Waals surface area contributed by atoms with E-state index in [4.69, 9.17) is 32.9 Å². The average molecular weight is 658 g/mol. The molecule has 2 saturated heterocycles. The van der Waals surface area contributed by atoms with Gasteiger partial charge >= 0.3 is 0 Å². The van der Waals surface area contributed by atoms with E-state index in [9.17, 15) is 13.2 Å². The highest BCUT2D eigenvalue weighted by atomic mass is 35.5. The van der Waals surface area contributed by atoms with Gasteiger partial charge in [0.25, 0.3) is 0 Å². The van der Waals surface area contributed by atoms with Crippen molar-refractivity contribution in [2.45, 2.75) is 50.2 Å². The minimum absolute atomic E-state index is 0.0279. The van der Waals surface area contributed by atoms with Crippen LogP contribution in [0.25, 0.3) is 16.6 Å². The van der Waals surface area contributed by atoms with Crippen molar-refractivity contribution in [1.29, 1.82) is 0 Å². The maximum atomic E-state index is 13.9. The Kier molecular flexibility index (Phi) is 9.11. The highest BCUT2D eigenvalue weighted by Gasteiger charge is 2.40. The Hall–Kier alpha value is -3.22. The Labute approximate surface area is 266 Å². The zero-order chi connectivity index (χ0) is 30.8. The summed E-state index contributed by atoms with van der Waals surface area (Å²) in [6, 6.07) is 11.5. The van der Waals surface area contributed by atoms with Crippen LogP contribution in [0.2, 0.25) is 10.0 Å². The monoisotopic (exact) mass is 656 g/mol. The van der Waals surface area contributed by atoms with E-state index in [0.717, 1.165) is 42.7 Å². The summed E-state index contributed by atoms with van der Waals surface area (Å²) in [6.07, 6.45) is 6.57. The van der Waals surface area contributed by atoms with Crippen LogP contribution < -0.4 is 15.4 Å². The molecular formula is C31H34Cl2N6O4S. The first kappa shape index (κ1) is 30.8. The summed E-state index contributed by atoms with van der Waals surface area (Å²) in [6.45, 7) is 4.43. The van der Waals surface area contributed by atoms with Crippen molar-refractivity contribution < 1.29 is 17.9 Å². The van der Waals surface area contributed by atoms with Gasteiger partial charge in [-0.1, -0.05) is 35.3 Å². The van der Waals surface area contributed by atoms with Crippen LogP contribution in [0.3, 0.4) is 0 Å². The van der Waals surface area contributed by atoms with Gasteiger partial charge in [-0.15, -0.1) is 0 Å². The van der Waals surface area contributed by atoms with Gasteiger partial charge in [0.15, 0.2) is 0 Å². The highest BCUT2D eigenvalue weighted by Crippen LogP contribution is 2.37. The molecule has 0 aliphatic carbocycles. The van der Waals surface area contributed by atoms with E-state index in [1.165, 1.54) is 16.4 Å². The molecule has 6 rings (SSSR count). The Balaban J connectivity index is 1.24. The average Bonchev–Trinajstić information content (AvgIpc) is 3.74. The third kappa shape index (κ3) is 6.16. The van der Waals surface area contributed by atoms with Gasteiger partial charge in [0.1, 0.15) is 28.8 Å². The molecule has 0 unspecified atom stereocenters. The number of aromatic nitrogens is 3. The van der Waals surface area contributed by atoms with E-state index in [1.807, 2.05) is 37.4 Å². The van der Waals surface area contributed by atoms with Crippen LogP contribution in [-0.4, -0.2) is 65.6 Å². The number of nitrogens with one attached hydrogen (secondary N) is 2. The van der Waals surface area contributed by atoms with Crippen LogP contribution in [0, 0.1) is 12.8 Å². The van der Waals surface area contributed by atoms with Crippen molar-refractivity contribution in [2.24, 2.45) is 5.92 Å². The van der Waals surface area contributed by atoms with E-state index in [0.29, 0.717) is 42.1 Å². The van der Waals surface area contributed by atoms with Gasteiger partial charge in [-0.05, 0) is 81.9 Å². The second-order valence-electron chi connectivity index (χ2n) is 11.2. The standard InChI is InChI=1S/C31H34Cl2N6O4S/c1-20-17-26(38-15-4-12-36-38)22-5-2-7-27(30(22)37-20)43-19-23-24(32)8-9-28(29(23)33)44(41,42)39-16-3-6-25(39)31(40)35-18-21-10-13-34-14-11-21/h2,4-5,7-9,12,15,17,21,25,34H,3,6,10-11,13-14,16,18-19H2,1H3,(H,35,40)/t25-/m0/s1. The number of halogens is 2. The van der Waals surface area contributed by atoms with Crippen molar-refractivity contribution >= 4 is 50.0 Å². The van der Waals surface area contributed by atoms with Crippen molar-refractivity contribution in [1.82, 2.24) is 29.7 Å². The summed E-state index contributed by atoms with van der Waals surface area (Å²) in [5, 5.41) is 11.8. The normalized spacial score (nSPS) is 18.1. The number of benzene rings is 2. The van der Waals surface area contributed by atoms with Gasteiger partial charge in [-0.2, -0.15) is 9.40 Å². The second kappa shape index (κ2) is 13.0. The summed E-state index contributed by atoms with van der Waals surface area (Å²) >= 11 is 13.3. The van der Waals surface area contributed by atoms with Crippen molar-refractivity contribution in [3.8, 4) is 11.4 Å². The lowest BCUT2D eigenvalue weighted by Gasteiger charge is -2.26. The molecule has 1 atom stereocenters. The van der Waals surface area contributed by atoms with Gasteiger partial charge in [0.05, 0.1) is 10.7 Å². The second-order valence-corrected chi connectivity index (χ2v) is 13.9. The number of hydrogen-bond acceptors (Lipinski definition) is 7. The number of pyridine rings is 1. The van der Waals surface area contributed by atoms with Gasteiger partial charge in [-0.3, -0.25) is 4.79 Å². The number of ether oxygens (including phenoxy) is 1. The molecule has 2 aromatic carbocycles. The molecule has 44 heavy (non-hydrogen) atoms. The molecule has 2 aliphatic rings. The Morgan fingerprint density at radius 1 is 1.14 bits per heavy atom. The third-order valence-corrected chi connectivity index (χ3v) is 11.1. The van der Waals surface area contributed by atoms with E-state index >= 15 is 0 Å². The lowest BCUT2D eigenvalue weighted by molar-refractivity contribution is -0.124. The highest BCUT2D eigenvalue weighted by molar-refractivity contribution is 7.89. The van der Waals surface area contributed by atoms with Gasteiger partial charge in [0.2, 0.25) is 15.9 Å². The van der Waals surface area contributed by atoms with E-state index in [-0.39, 0.29) is 34.0 Å². The molecule has 2 aliphatic heterocycles. The number of fused-ring (bicyclic) bond motifs is 1. The molecule has 0 spiro atoms. The first-order valence-electron chi connectivity index (χ1n) is 14.7. The van der Waals surface area contributed by atoms with Crippen LogP contribution in [-0.2, 0) is 21.4 Å². The van der Waals surface area contributed by atoms with Gasteiger partial charge in [0, 0.05) is 47.1 Å². The van der Waals surface area contributed by atoms with Crippen LogP contribution in [0.1, 0.15) is 36.9 Å². The molecule has 2 N–H and O–H groups in total. The zero-order valence-electron chi connectivity index (χ0n) is 24.3. The number of hydrogen-bond donors (Lipinski definition) is 2. The summed E-state index contributed by atoms with van der Waals surface area (Å²) < 4.78 is 37.1. The topological polar surface area (TPSA) is 118 Å². The molecule has 0 radical (unpaired) electrons. The minimum Gasteiger partial charge on any atom is -0.487 e. The molecule has 2 fully saturated rings. The van der Waals surface area contributed by atoms with Crippen molar-refractivity contribution in [2.75, 3.05) is 26.2 Å². The van der Waals surface area contributed by atoms with Crippen LogP contribution in [0.4, 0.5) is 0 Å². The van der Waals surface area contributed by atoms with Gasteiger partial charge < -0.3 is 15.4 Å². The molecule has 2 aromatic heterocycles. The maximum Gasteiger partial charge on any atom is 0.245 e. The number of rotatable bonds is 9. The maximum absolute atomic E-state index is 13.9. The van der Waals surface area contributed by atoms with Crippen LogP contribution in [0.15, 0.2) is 59.8 Å². The number of sulfonamides is 1. The summed E-state index contributed by atoms with van der Waals surface area (Å²) in [7, 11) is -4.11. The van der Waals surface area contributed by atoms with Crippen molar-refractivity contribution in [3.05, 3.63) is 76.2 Å². The number of aryl methyl sites for hydroxylation is 1. The summed E-state index contributed by atoms with van der Waals surface area (Å²) in [5.41, 5.74) is 2.59. The largest absolute Gasteiger partial charge is 0.487 e. The third-order valence-electron chi connectivity index (χ3n) is 8.30. The fourth-order valence-electron chi connectivity index (χ4n) is 5.97. The number of piperidine rings is 1. The quantitative estimate of drug-likeness (QED) is 0.263. The Morgan fingerprint density at radius 3 is 2.73 bits per heavy atom. The van der Waals surface area contributed by atoms with E-state index in [2.05, 4.69) is 15.7 Å². The smallest absolute Gasteiger partial charge is 0.245 e. The first-order chi connectivity index (χ1) is 21.2. The molecule has 0 bridgehead atoms. The molecule has 4 aromatic rings. The SMILES string of the molecule is Cc1cc(-n2cccn2)c2cccc(OCc3c(Cl)ccc(S(=O)(=O)N4CCC[C@H]4C(=O)NCC4CCNCC4)c3Cl)c2n1. The number of para-hydroxylation sites is 1. The van der Waals surface area contributed by atoms with Gasteiger partial charge in [-0.25, -0.2) is 18.1 Å². The first-order valence-corrected chi connectivity index (χ1v) is 16.9.